The van der Waals surface area contributed by atoms with E-state index in [1.54, 1.807) is 18.2 Å². The number of amides is 1. The number of ether oxygens (including phenoxy) is 2. The number of nitrogens with one attached hydrogen (secondary N) is 1. The normalized spacial score (nSPS) is 10.4. The number of hydrogen-bond donors (Lipinski definition) is 1. The van der Waals surface area contributed by atoms with Gasteiger partial charge in [0.25, 0.3) is 11.5 Å². The van der Waals surface area contributed by atoms with Crippen molar-refractivity contribution >= 4 is 17.4 Å². The van der Waals surface area contributed by atoms with Gasteiger partial charge in [0.2, 0.25) is 5.78 Å². The van der Waals surface area contributed by atoms with Crippen molar-refractivity contribution in [3.63, 3.8) is 0 Å². The molecule has 1 N–H and O–H groups in total. The molecule has 24 heavy (non-hydrogen) atoms. The minimum absolute atomic E-state index is 0.0558. The van der Waals surface area contributed by atoms with Crippen LogP contribution in [0.1, 0.15) is 10.4 Å². The largest absolute Gasteiger partial charge is 0.493 e. The van der Waals surface area contributed by atoms with Gasteiger partial charge >= 0.3 is 0 Å². The zero-order chi connectivity index (χ0) is 17.1. The van der Waals surface area contributed by atoms with Crippen LogP contribution in [0.25, 0.3) is 5.78 Å². The van der Waals surface area contributed by atoms with Crippen LogP contribution in [0.2, 0.25) is 0 Å². The number of fused-ring (bicyclic) bond motifs is 1. The maximum atomic E-state index is 12.4. The molecule has 2 aromatic heterocycles. The lowest BCUT2D eigenvalue weighted by Crippen LogP contribution is -2.23. The number of carbonyl (C=O) groups is 1. The number of aromatic nitrogens is 3. The smallest absolute Gasteiger partial charge is 0.282 e. The molecule has 0 unspecified atom stereocenters. The average molecular weight is 326 g/mol. The Kier molecular flexibility index (Phi) is 4.11. The summed E-state index contributed by atoms with van der Waals surface area (Å²) in [4.78, 5) is 32.7. The van der Waals surface area contributed by atoms with E-state index in [1.807, 2.05) is 0 Å². The third-order valence-corrected chi connectivity index (χ3v) is 3.38. The Morgan fingerprint density at radius 2 is 1.96 bits per heavy atom. The quantitative estimate of drug-likeness (QED) is 0.778. The van der Waals surface area contributed by atoms with E-state index in [9.17, 15) is 9.59 Å². The van der Waals surface area contributed by atoms with Gasteiger partial charge in [0.15, 0.2) is 11.5 Å². The second-order valence-electron chi connectivity index (χ2n) is 4.79. The summed E-state index contributed by atoms with van der Waals surface area (Å²) in [5, 5.41) is 2.55. The first-order chi connectivity index (χ1) is 11.6. The van der Waals surface area contributed by atoms with E-state index in [2.05, 4.69) is 15.3 Å². The number of nitrogens with zero attached hydrogens (tertiary/aromatic N) is 3. The highest BCUT2D eigenvalue weighted by atomic mass is 16.5. The summed E-state index contributed by atoms with van der Waals surface area (Å²) in [7, 11) is 2.99. The lowest BCUT2D eigenvalue weighted by molar-refractivity contribution is 0.102. The second-order valence-corrected chi connectivity index (χ2v) is 4.79. The summed E-state index contributed by atoms with van der Waals surface area (Å²) in [5.41, 5.74) is -0.0365. The zero-order valence-corrected chi connectivity index (χ0v) is 13.0. The highest BCUT2D eigenvalue weighted by Gasteiger charge is 2.13. The fraction of sp³-hybridized carbons (Fsp3) is 0.125. The molecule has 8 heteroatoms. The maximum Gasteiger partial charge on any atom is 0.282 e. The van der Waals surface area contributed by atoms with Gasteiger partial charge in [-0.3, -0.25) is 14.0 Å². The van der Waals surface area contributed by atoms with Crippen LogP contribution in [-0.2, 0) is 0 Å². The molecule has 0 saturated heterocycles. The van der Waals surface area contributed by atoms with Gasteiger partial charge in [-0.05, 0) is 24.3 Å². The Morgan fingerprint density at radius 3 is 2.71 bits per heavy atom. The molecule has 1 amide bonds. The summed E-state index contributed by atoms with van der Waals surface area (Å²) in [6.07, 6.45) is 4.34. The van der Waals surface area contributed by atoms with Gasteiger partial charge in [0, 0.05) is 18.0 Å². The van der Waals surface area contributed by atoms with Gasteiger partial charge in [-0.2, -0.15) is 0 Å². The molecule has 122 valence electrons. The van der Waals surface area contributed by atoms with Gasteiger partial charge in [0.05, 0.1) is 20.4 Å². The number of rotatable bonds is 4. The number of benzene rings is 1. The summed E-state index contributed by atoms with van der Waals surface area (Å²) >= 11 is 0. The fourth-order valence-electron chi connectivity index (χ4n) is 2.18. The fourth-order valence-corrected chi connectivity index (χ4v) is 2.18. The zero-order valence-electron chi connectivity index (χ0n) is 13.0. The second kappa shape index (κ2) is 6.37. The van der Waals surface area contributed by atoms with Crippen LogP contribution in [0.3, 0.4) is 0 Å². The van der Waals surface area contributed by atoms with E-state index < -0.39 is 11.5 Å². The molecule has 0 spiro atoms. The number of carbonyl (C=O) groups excluding carboxylic acids is 1. The van der Waals surface area contributed by atoms with Crippen molar-refractivity contribution < 1.29 is 14.3 Å². The molecule has 0 fully saturated rings. The SMILES string of the molecule is COc1ccc(C(=O)Nc2cnc3ncccn3c2=O)cc1OC. The van der Waals surface area contributed by atoms with Gasteiger partial charge < -0.3 is 14.8 Å². The molecule has 0 radical (unpaired) electrons. The van der Waals surface area contributed by atoms with Gasteiger partial charge in [0.1, 0.15) is 5.69 Å². The van der Waals surface area contributed by atoms with E-state index in [0.29, 0.717) is 17.1 Å². The Balaban J connectivity index is 1.93. The van der Waals surface area contributed by atoms with Crippen molar-refractivity contribution in [2.75, 3.05) is 19.5 Å². The van der Waals surface area contributed by atoms with Crippen molar-refractivity contribution in [1.82, 2.24) is 14.4 Å². The monoisotopic (exact) mass is 326 g/mol. The van der Waals surface area contributed by atoms with Crippen LogP contribution in [0, 0.1) is 0 Å². The van der Waals surface area contributed by atoms with E-state index in [-0.39, 0.29) is 11.5 Å². The molecular weight excluding hydrogens is 312 g/mol. The highest BCUT2D eigenvalue weighted by molar-refractivity contribution is 6.04. The average Bonchev–Trinajstić information content (AvgIpc) is 2.63. The molecule has 0 atom stereocenters. The van der Waals surface area contributed by atoms with Crippen molar-refractivity contribution in [3.8, 4) is 11.5 Å². The van der Waals surface area contributed by atoms with E-state index in [4.69, 9.17) is 9.47 Å². The molecule has 0 aliphatic heterocycles. The van der Waals surface area contributed by atoms with Crippen LogP contribution >= 0.6 is 0 Å². The van der Waals surface area contributed by atoms with Crippen LogP contribution in [0.5, 0.6) is 11.5 Å². The summed E-state index contributed by atoms with van der Waals surface area (Å²) in [5.74, 6) is 0.723. The molecule has 8 nitrogen and oxygen atoms in total. The molecule has 0 bridgehead atoms. The number of hydrogen-bond acceptors (Lipinski definition) is 6. The van der Waals surface area contributed by atoms with E-state index in [1.165, 1.54) is 43.3 Å². The van der Waals surface area contributed by atoms with Crippen molar-refractivity contribution in [3.05, 3.63) is 58.8 Å². The topological polar surface area (TPSA) is 94.8 Å². The van der Waals surface area contributed by atoms with Crippen molar-refractivity contribution in [1.29, 1.82) is 0 Å². The van der Waals surface area contributed by atoms with Gasteiger partial charge in [-0.15, -0.1) is 0 Å². The predicted molar refractivity (Wildman–Crippen MR) is 86.8 cm³/mol. The predicted octanol–water partition coefficient (Wildman–Crippen LogP) is 1.36. The standard InChI is InChI=1S/C16H14N4O4/c1-23-12-5-4-10(8-13(12)24-2)14(21)19-11-9-18-16-17-6-3-7-20(16)15(11)22/h3-9H,1-2H3,(H,19,21). The third kappa shape index (κ3) is 2.76. The van der Waals surface area contributed by atoms with Crippen molar-refractivity contribution in [2.45, 2.75) is 0 Å². The minimum atomic E-state index is -0.460. The Hall–Kier alpha value is -3.42. The molecule has 2 heterocycles. The Bertz CT molecular complexity index is 968. The Morgan fingerprint density at radius 1 is 1.17 bits per heavy atom. The first-order valence-electron chi connectivity index (χ1n) is 7.00. The summed E-state index contributed by atoms with van der Waals surface area (Å²) in [6, 6.07) is 6.32. The van der Waals surface area contributed by atoms with E-state index in [0.717, 1.165) is 0 Å². The molecule has 3 rings (SSSR count). The molecular formula is C16H14N4O4. The molecule has 0 aliphatic rings. The van der Waals surface area contributed by atoms with Crippen LogP contribution in [0.15, 0.2) is 47.7 Å². The Labute approximate surface area is 136 Å². The minimum Gasteiger partial charge on any atom is -0.493 e. The number of anilines is 1. The molecule has 3 aromatic rings. The van der Waals surface area contributed by atoms with Crippen molar-refractivity contribution in [2.24, 2.45) is 0 Å². The lowest BCUT2D eigenvalue weighted by Gasteiger charge is -2.10. The van der Waals surface area contributed by atoms with E-state index >= 15 is 0 Å². The molecule has 0 saturated carbocycles. The summed E-state index contributed by atoms with van der Waals surface area (Å²) < 4.78 is 11.6. The van der Waals surface area contributed by atoms with Crippen LogP contribution < -0.4 is 20.3 Å². The third-order valence-electron chi connectivity index (χ3n) is 3.38. The molecule has 0 aliphatic carbocycles. The van der Waals surface area contributed by atoms with Gasteiger partial charge in [-0.25, -0.2) is 9.97 Å². The first kappa shape index (κ1) is 15.5. The summed E-state index contributed by atoms with van der Waals surface area (Å²) in [6.45, 7) is 0. The lowest BCUT2D eigenvalue weighted by atomic mass is 10.2. The van der Waals surface area contributed by atoms with Crippen LogP contribution in [-0.4, -0.2) is 34.5 Å². The van der Waals surface area contributed by atoms with Gasteiger partial charge in [-0.1, -0.05) is 0 Å². The number of methoxy groups -OCH3 is 2. The molecule has 1 aromatic carbocycles. The highest BCUT2D eigenvalue weighted by Crippen LogP contribution is 2.27. The maximum absolute atomic E-state index is 12.4. The first-order valence-corrected chi connectivity index (χ1v) is 7.00. The van der Waals surface area contributed by atoms with Crippen LogP contribution in [0.4, 0.5) is 5.69 Å².